The molecule has 0 radical (unpaired) electrons. The molecule has 0 bridgehead atoms. The summed E-state index contributed by atoms with van der Waals surface area (Å²) < 4.78 is 11.1. The lowest BCUT2D eigenvalue weighted by Gasteiger charge is -2.12. The van der Waals surface area contributed by atoms with Crippen LogP contribution in [-0.2, 0) is 11.2 Å². The number of aliphatic carboxylic acids is 1. The Morgan fingerprint density at radius 3 is 2.56 bits per heavy atom. The highest BCUT2D eigenvalue weighted by Gasteiger charge is 2.13. The Bertz CT molecular complexity index is 390. The fourth-order valence-corrected chi connectivity index (χ4v) is 2.05. The molecular formula is C11H13BrO4. The molecule has 0 aliphatic heterocycles. The summed E-state index contributed by atoms with van der Waals surface area (Å²) in [4.78, 5) is 10.5. The minimum absolute atomic E-state index is 0.0914. The first kappa shape index (κ1) is 12.8. The van der Waals surface area contributed by atoms with Gasteiger partial charge in [-0.3, -0.25) is 4.79 Å². The minimum Gasteiger partial charge on any atom is -0.493 e. The Balaban J connectivity index is 2.99. The van der Waals surface area contributed by atoms with Crippen LogP contribution in [0.5, 0.6) is 11.5 Å². The number of rotatable bonds is 5. The Hall–Kier alpha value is -1.23. The third kappa shape index (κ3) is 2.88. The Morgan fingerprint density at radius 2 is 2.06 bits per heavy atom. The van der Waals surface area contributed by atoms with Crippen molar-refractivity contribution in [3.05, 3.63) is 22.2 Å². The van der Waals surface area contributed by atoms with E-state index in [0.717, 1.165) is 10.0 Å². The zero-order valence-corrected chi connectivity index (χ0v) is 10.7. The summed E-state index contributed by atoms with van der Waals surface area (Å²) in [5.74, 6) is 0.389. The summed E-state index contributed by atoms with van der Waals surface area (Å²) in [6.07, 6.45) is 0.546. The van der Waals surface area contributed by atoms with Crippen LogP contribution in [0.4, 0.5) is 0 Å². The average Bonchev–Trinajstić information content (AvgIpc) is 2.26. The lowest BCUT2D eigenvalue weighted by Crippen LogP contribution is -2.00. The van der Waals surface area contributed by atoms with E-state index in [0.29, 0.717) is 17.9 Å². The van der Waals surface area contributed by atoms with E-state index < -0.39 is 5.97 Å². The van der Waals surface area contributed by atoms with Crippen LogP contribution in [0.2, 0.25) is 0 Å². The fourth-order valence-electron chi connectivity index (χ4n) is 1.36. The lowest BCUT2D eigenvalue weighted by molar-refractivity contribution is -0.136. The third-order valence-electron chi connectivity index (χ3n) is 2.17. The number of methoxy groups -OCH3 is 2. The van der Waals surface area contributed by atoms with E-state index in [9.17, 15) is 4.79 Å². The van der Waals surface area contributed by atoms with Gasteiger partial charge in [0.25, 0.3) is 0 Å². The van der Waals surface area contributed by atoms with Crippen LogP contribution >= 0.6 is 15.9 Å². The van der Waals surface area contributed by atoms with Crippen molar-refractivity contribution in [1.29, 1.82) is 0 Å². The van der Waals surface area contributed by atoms with Crippen LogP contribution in [0.3, 0.4) is 0 Å². The molecule has 1 N–H and O–H groups in total. The number of hydrogen-bond donors (Lipinski definition) is 1. The molecule has 1 aromatic rings. The van der Waals surface area contributed by atoms with Crippen LogP contribution in [-0.4, -0.2) is 25.3 Å². The first-order valence-corrected chi connectivity index (χ1v) is 5.50. The molecule has 0 atom stereocenters. The third-order valence-corrected chi connectivity index (χ3v) is 3.04. The van der Waals surface area contributed by atoms with Gasteiger partial charge in [0.1, 0.15) is 0 Å². The van der Waals surface area contributed by atoms with Crippen molar-refractivity contribution in [2.24, 2.45) is 0 Å². The molecule has 0 amide bonds. The van der Waals surface area contributed by atoms with Gasteiger partial charge in [0.2, 0.25) is 0 Å². The van der Waals surface area contributed by atoms with Gasteiger partial charge < -0.3 is 14.6 Å². The molecule has 0 aromatic heterocycles. The van der Waals surface area contributed by atoms with Crippen LogP contribution < -0.4 is 9.47 Å². The van der Waals surface area contributed by atoms with Gasteiger partial charge in [0.05, 0.1) is 18.7 Å². The molecule has 16 heavy (non-hydrogen) atoms. The van der Waals surface area contributed by atoms with Crippen molar-refractivity contribution in [3.63, 3.8) is 0 Å². The maximum Gasteiger partial charge on any atom is 0.303 e. The monoisotopic (exact) mass is 288 g/mol. The van der Waals surface area contributed by atoms with Gasteiger partial charge in [-0.1, -0.05) is 6.07 Å². The average molecular weight is 289 g/mol. The molecule has 1 aromatic carbocycles. The Kier molecular flexibility index (Phi) is 4.61. The normalized spacial score (nSPS) is 9.94. The van der Waals surface area contributed by atoms with E-state index in [4.69, 9.17) is 14.6 Å². The van der Waals surface area contributed by atoms with Gasteiger partial charge in [-0.15, -0.1) is 0 Å². The number of halogens is 1. The van der Waals surface area contributed by atoms with Crippen molar-refractivity contribution >= 4 is 21.9 Å². The second-order valence-corrected chi connectivity index (χ2v) is 3.96. The molecule has 0 saturated heterocycles. The van der Waals surface area contributed by atoms with Crippen LogP contribution in [0, 0.1) is 0 Å². The molecule has 0 aliphatic rings. The maximum absolute atomic E-state index is 10.5. The van der Waals surface area contributed by atoms with E-state index >= 15 is 0 Å². The van der Waals surface area contributed by atoms with Crippen LogP contribution in [0.1, 0.15) is 12.0 Å². The minimum atomic E-state index is -0.818. The van der Waals surface area contributed by atoms with Gasteiger partial charge in [-0.25, -0.2) is 0 Å². The molecule has 88 valence electrons. The van der Waals surface area contributed by atoms with E-state index in [-0.39, 0.29) is 6.42 Å². The molecule has 1 rings (SSSR count). The molecule has 0 unspecified atom stereocenters. The molecular weight excluding hydrogens is 276 g/mol. The van der Waals surface area contributed by atoms with E-state index in [1.165, 1.54) is 0 Å². The summed E-state index contributed by atoms with van der Waals surface area (Å²) in [5, 5.41) is 8.62. The SMILES string of the molecule is COc1ccc(CCC(=O)O)c(Br)c1OC. The predicted molar refractivity (Wildman–Crippen MR) is 63.2 cm³/mol. The van der Waals surface area contributed by atoms with Crippen molar-refractivity contribution in [1.82, 2.24) is 0 Å². The number of benzene rings is 1. The summed E-state index contributed by atoms with van der Waals surface area (Å²) >= 11 is 3.39. The Morgan fingerprint density at radius 1 is 1.38 bits per heavy atom. The number of hydrogen-bond acceptors (Lipinski definition) is 3. The number of aryl methyl sites for hydroxylation is 1. The largest absolute Gasteiger partial charge is 0.493 e. The highest BCUT2D eigenvalue weighted by Crippen LogP contribution is 2.37. The number of carboxylic acid groups (broad SMARTS) is 1. The van der Waals surface area contributed by atoms with Crippen LogP contribution in [0.15, 0.2) is 16.6 Å². The summed E-state index contributed by atoms with van der Waals surface area (Å²) in [6, 6.07) is 3.59. The molecule has 4 nitrogen and oxygen atoms in total. The molecule has 0 heterocycles. The number of ether oxygens (including phenoxy) is 2. The van der Waals surface area contributed by atoms with Crippen LogP contribution in [0.25, 0.3) is 0 Å². The zero-order valence-electron chi connectivity index (χ0n) is 9.12. The Labute approximate surface area is 102 Å². The van der Waals surface area contributed by atoms with Crippen molar-refractivity contribution in [2.45, 2.75) is 12.8 Å². The summed E-state index contributed by atoms with van der Waals surface area (Å²) in [5.41, 5.74) is 0.889. The zero-order chi connectivity index (χ0) is 12.1. The molecule has 5 heteroatoms. The first-order chi connectivity index (χ1) is 7.60. The number of carboxylic acids is 1. The van der Waals surface area contributed by atoms with Gasteiger partial charge in [0, 0.05) is 6.42 Å². The topological polar surface area (TPSA) is 55.8 Å². The highest BCUT2D eigenvalue weighted by atomic mass is 79.9. The van der Waals surface area contributed by atoms with E-state index in [1.807, 2.05) is 6.07 Å². The van der Waals surface area contributed by atoms with Gasteiger partial charge in [0.15, 0.2) is 11.5 Å². The lowest BCUT2D eigenvalue weighted by atomic mass is 10.1. The quantitative estimate of drug-likeness (QED) is 0.904. The standard InChI is InChI=1S/C11H13BrO4/c1-15-8-5-3-7(4-6-9(13)14)10(12)11(8)16-2/h3,5H,4,6H2,1-2H3,(H,13,14). The summed E-state index contributed by atoms with van der Waals surface area (Å²) in [7, 11) is 3.10. The van der Waals surface area contributed by atoms with E-state index in [2.05, 4.69) is 15.9 Å². The van der Waals surface area contributed by atoms with Gasteiger partial charge in [-0.05, 0) is 34.0 Å². The van der Waals surface area contributed by atoms with E-state index in [1.54, 1.807) is 20.3 Å². The molecule has 0 spiro atoms. The van der Waals surface area contributed by atoms with Crippen molar-refractivity contribution in [3.8, 4) is 11.5 Å². The molecule has 0 aliphatic carbocycles. The number of carbonyl (C=O) groups is 1. The smallest absolute Gasteiger partial charge is 0.303 e. The highest BCUT2D eigenvalue weighted by molar-refractivity contribution is 9.10. The fraction of sp³-hybridized carbons (Fsp3) is 0.364. The predicted octanol–water partition coefficient (Wildman–Crippen LogP) is 2.48. The van der Waals surface area contributed by atoms with Gasteiger partial charge in [-0.2, -0.15) is 0 Å². The second kappa shape index (κ2) is 5.75. The molecule has 0 fully saturated rings. The summed E-state index contributed by atoms with van der Waals surface area (Å²) in [6.45, 7) is 0. The second-order valence-electron chi connectivity index (χ2n) is 3.17. The van der Waals surface area contributed by atoms with Crippen molar-refractivity contribution in [2.75, 3.05) is 14.2 Å². The first-order valence-electron chi connectivity index (χ1n) is 4.71. The maximum atomic E-state index is 10.5. The van der Waals surface area contributed by atoms with Crippen molar-refractivity contribution < 1.29 is 19.4 Å². The van der Waals surface area contributed by atoms with Gasteiger partial charge >= 0.3 is 5.97 Å². The molecule has 0 saturated carbocycles.